The fourth-order valence-electron chi connectivity index (χ4n) is 1.41. The maximum Gasteiger partial charge on any atom is 0.323 e. The first-order valence-electron chi connectivity index (χ1n) is 4.99. The lowest BCUT2D eigenvalue weighted by molar-refractivity contribution is -0.135. The van der Waals surface area contributed by atoms with Crippen LogP contribution in [0.5, 0.6) is 0 Å². The first-order chi connectivity index (χ1) is 7.18. The average molecular weight is 232 g/mol. The van der Waals surface area contributed by atoms with Crippen LogP contribution in [0.3, 0.4) is 0 Å². The molecule has 6 heteroatoms. The van der Waals surface area contributed by atoms with Crippen LogP contribution in [0.4, 0.5) is 4.79 Å². The lowest BCUT2D eigenvalue weighted by Crippen LogP contribution is -2.41. The number of urea groups is 1. The minimum absolute atomic E-state index is 0.327. The predicted molar refractivity (Wildman–Crippen MR) is 59.1 cm³/mol. The van der Waals surface area contributed by atoms with Gasteiger partial charge in [-0.3, -0.25) is 4.79 Å². The maximum absolute atomic E-state index is 11.1. The Morgan fingerprint density at radius 2 is 1.93 bits per heavy atom. The minimum Gasteiger partial charge on any atom is -0.480 e. The predicted octanol–water partition coefficient (Wildman–Crippen LogP) is 0.513. The standard InChI is InChI=1S/C9H16N2O3S/c12-8(13)6-11-9(14)10-5-7-1-3-15-4-2-7/h7H,1-6H2,(H,12,13)(H2,10,11,14). The molecule has 15 heavy (non-hydrogen) atoms. The lowest BCUT2D eigenvalue weighted by Gasteiger charge is -2.21. The molecule has 0 saturated carbocycles. The van der Waals surface area contributed by atoms with Gasteiger partial charge in [-0.2, -0.15) is 11.8 Å². The first kappa shape index (κ1) is 12.2. The molecule has 1 rings (SSSR count). The Morgan fingerprint density at radius 3 is 2.53 bits per heavy atom. The van der Waals surface area contributed by atoms with E-state index in [9.17, 15) is 9.59 Å². The van der Waals surface area contributed by atoms with Crippen LogP contribution in [0.2, 0.25) is 0 Å². The summed E-state index contributed by atoms with van der Waals surface area (Å²) in [6.45, 7) is 0.318. The van der Waals surface area contributed by atoms with Crippen molar-refractivity contribution < 1.29 is 14.7 Å². The second-order valence-electron chi connectivity index (χ2n) is 3.51. The summed E-state index contributed by atoms with van der Waals surface area (Å²) >= 11 is 1.94. The molecule has 0 unspecified atom stereocenters. The third kappa shape index (κ3) is 5.51. The molecule has 0 aromatic rings. The number of hydrogen-bond donors (Lipinski definition) is 3. The monoisotopic (exact) mass is 232 g/mol. The summed E-state index contributed by atoms with van der Waals surface area (Å²) in [5.41, 5.74) is 0. The van der Waals surface area contributed by atoms with Crippen molar-refractivity contribution in [3.05, 3.63) is 0 Å². The van der Waals surface area contributed by atoms with Crippen molar-refractivity contribution in [1.29, 1.82) is 0 Å². The van der Waals surface area contributed by atoms with Crippen molar-refractivity contribution in [2.24, 2.45) is 5.92 Å². The van der Waals surface area contributed by atoms with E-state index >= 15 is 0 Å². The van der Waals surface area contributed by atoms with Gasteiger partial charge in [-0.05, 0) is 30.3 Å². The largest absolute Gasteiger partial charge is 0.480 e. The Labute approximate surface area is 93.0 Å². The fourth-order valence-corrected chi connectivity index (χ4v) is 2.61. The highest BCUT2D eigenvalue weighted by molar-refractivity contribution is 7.99. The van der Waals surface area contributed by atoms with Crippen LogP contribution in [0.15, 0.2) is 0 Å². The lowest BCUT2D eigenvalue weighted by atomic mass is 10.0. The molecule has 1 heterocycles. The quantitative estimate of drug-likeness (QED) is 0.660. The van der Waals surface area contributed by atoms with Crippen LogP contribution < -0.4 is 10.6 Å². The van der Waals surface area contributed by atoms with Gasteiger partial charge in [-0.25, -0.2) is 4.79 Å². The van der Waals surface area contributed by atoms with Crippen LogP contribution in [-0.2, 0) is 4.79 Å². The zero-order valence-electron chi connectivity index (χ0n) is 8.49. The van der Waals surface area contributed by atoms with E-state index in [1.807, 2.05) is 11.8 Å². The highest BCUT2D eigenvalue weighted by Gasteiger charge is 2.14. The van der Waals surface area contributed by atoms with Gasteiger partial charge >= 0.3 is 12.0 Å². The summed E-state index contributed by atoms with van der Waals surface area (Å²) in [5, 5.41) is 13.3. The molecule has 1 aliphatic rings. The van der Waals surface area contributed by atoms with Gasteiger partial charge in [0.25, 0.3) is 0 Å². The number of thioether (sulfide) groups is 1. The maximum atomic E-state index is 11.1. The number of carboxylic acids is 1. The van der Waals surface area contributed by atoms with E-state index in [0.717, 1.165) is 24.3 Å². The van der Waals surface area contributed by atoms with Crippen LogP contribution in [0, 0.1) is 5.92 Å². The molecule has 86 valence electrons. The molecule has 1 saturated heterocycles. The molecular formula is C9H16N2O3S. The molecule has 0 radical (unpaired) electrons. The van der Waals surface area contributed by atoms with Gasteiger partial charge in [0.15, 0.2) is 0 Å². The van der Waals surface area contributed by atoms with Crippen LogP contribution in [0.1, 0.15) is 12.8 Å². The third-order valence-corrected chi connectivity index (χ3v) is 3.34. The van der Waals surface area contributed by atoms with Gasteiger partial charge in [0, 0.05) is 6.54 Å². The van der Waals surface area contributed by atoms with Crippen molar-refractivity contribution in [1.82, 2.24) is 10.6 Å². The summed E-state index contributed by atoms with van der Waals surface area (Å²) in [6, 6.07) is -0.393. The number of carbonyl (C=O) groups is 2. The van der Waals surface area contributed by atoms with Gasteiger partial charge in [0.05, 0.1) is 0 Å². The minimum atomic E-state index is -1.03. The molecule has 2 amide bonds. The molecule has 0 aromatic carbocycles. The summed E-state index contributed by atoms with van der Waals surface area (Å²) in [6.07, 6.45) is 2.26. The van der Waals surface area contributed by atoms with E-state index in [1.165, 1.54) is 0 Å². The Kier molecular flexibility index (Phi) is 5.31. The van der Waals surface area contributed by atoms with Crippen molar-refractivity contribution in [2.45, 2.75) is 12.8 Å². The molecule has 0 atom stereocenters. The number of carboxylic acid groups (broad SMARTS) is 1. The molecule has 3 N–H and O–H groups in total. The number of hydrogen-bond acceptors (Lipinski definition) is 3. The summed E-state index contributed by atoms with van der Waals surface area (Å²) < 4.78 is 0. The highest BCUT2D eigenvalue weighted by Crippen LogP contribution is 2.21. The normalized spacial score (nSPS) is 17.1. The number of rotatable bonds is 4. The van der Waals surface area contributed by atoms with Gasteiger partial charge in [0.2, 0.25) is 0 Å². The second kappa shape index (κ2) is 6.55. The van der Waals surface area contributed by atoms with E-state index in [0.29, 0.717) is 12.5 Å². The summed E-state index contributed by atoms with van der Waals surface area (Å²) in [4.78, 5) is 21.3. The molecule has 5 nitrogen and oxygen atoms in total. The molecule has 1 aliphatic heterocycles. The zero-order valence-corrected chi connectivity index (χ0v) is 9.31. The van der Waals surface area contributed by atoms with Crippen LogP contribution in [0.25, 0.3) is 0 Å². The number of amides is 2. The average Bonchev–Trinajstić information content (AvgIpc) is 2.25. The number of nitrogens with one attached hydrogen (secondary N) is 2. The fraction of sp³-hybridized carbons (Fsp3) is 0.778. The molecule has 0 bridgehead atoms. The van der Waals surface area contributed by atoms with Crippen LogP contribution in [-0.4, -0.2) is 41.7 Å². The van der Waals surface area contributed by atoms with E-state index in [4.69, 9.17) is 5.11 Å². The van der Waals surface area contributed by atoms with E-state index in [2.05, 4.69) is 10.6 Å². The number of aliphatic carboxylic acids is 1. The van der Waals surface area contributed by atoms with E-state index in [-0.39, 0.29) is 6.54 Å². The van der Waals surface area contributed by atoms with Gasteiger partial charge in [0.1, 0.15) is 6.54 Å². The summed E-state index contributed by atoms with van der Waals surface area (Å²) in [7, 11) is 0. The smallest absolute Gasteiger partial charge is 0.323 e. The van der Waals surface area contributed by atoms with Crippen molar-refractivity contribution in [3.8, 4) is 0 Å². The zero-order chi connectivity index (χ0) is 11.1. The molecule has 0 aromatic heterocycles. The van der Waals surface area contributed by atoms with Crippen molar-refractivity contribution in [3.63, 3.8) is 0 Å². The topological polar surface area (TPSA) is 78.4 Å². The van der Waals surface area contributed by atoms with Gasteiger partial charge in [-0.1, -0.05) is 0 Å². The highest BCUT2D eigenvalue weighted by atomic mass is 32.2. The molecule has 0 spiro atoms. The Bertz CT molecular complexity index is 229. The second-order valence-corrected chi connectivity index (χ2v) is 4.74. The molecule has 1 fully saturated rings. The van der Waals surface area contributed by atoms with Crippen LogP contribution >= 0.6 is 11.8 Å². The van der Waals surface area contributed by atoms with Gasteiger partial charge < -0.3 is 15.7 Å². The van der Waals surface area contributed by atoms with E-state index in [1.54, 1.807) is 0 Å². The molecule has 0 aliphatic carbocycles. The van der Waals surface area contributed by atoms with Crippen molar-refractivity contribution >= 4 is 23.8 Å². The Balaban J connectivity index is 2.07. The Hall–Kier alpha value is -0.910. The Morgan fingerprint density at radius 1 is 1.27 bits per heavy atom. The SMILES string of the molecule is O=C(O)CNC(=O)NCC1CCSCC1. The van der Waals surface area contributed by atoms with Gasteiger partial charge in [-0.15, -0.1) is 0 Å². The third-order valence-electron chi connectivity index (χ3n) is 2.29. The first-order valence-corrected chi connectivity index (χ1v) is 6.15. The van der Waals surface area contributed by atoms with E-state index < -0.39 is 12.0 Å². The number of carbonyl (C=O) groups excluding carboxylic acids is 1. The summed E-state index contributed by atoms with van der Waals surface area (Å²) in [5.74, 6) is 1.83. The van der Waals surface area contributed by atoms with Crippen molar-refractivity contribution in [2.75, 3.05) is 24.6 Å². The molecular weight excluding hydrogens is 216 g/mol.